The van der Waals surface area contributed by atoms with Gasteiger partial charge in [0.15, 0.2) is 17.5 Å². The van der Waals surface area contributed by atoms with E-state index in [9.17, 15) is 0 Å². The minimum atomic E-state index is 0.538. The summed E-state index contributed by atoms with van der Waals surface area (Å²) in [7, 11) is 0. The lowest BCUT2D eigenvalue weighted by atomic mass is 9.89. The van der Waals surface area contributed by atoms with Crippen LogP contribution in [0.15, 0.2) is 219 Å². The van der Waals surface area contributed by atoms with Crippen molar-refractivity contribution in [3.8, 4) is 101 Å². The van der Waals surface area contributed by atoms with E-state index >= 15 is 0 Å². The molecule has 4 heterocycles. The zero-order chi connectivity index (χ0) is 40.1. The average Bonchev–Trinajstić information content (AvgIpc) is 3.34. The normalized spacial score (nSPS) is 11.0. The van der Waals surface area contributed by atoms with Gasteiger partial charge in [-0.15, -0.1) is 0 Å². The number of benzene rings is 6. The first-order valence-electron chi connectivity index (χ1n) is 19.8. The number of nitrogens with zero attached hydrogens (tertiary/aromatic N) is 6. The van der Waals surface area contributed by atoms with Crippen LogP contribution in [0.25, 0.3) is 101 Å². The van der Waals surface area contributed by atoms with E-state index in [2.05, 4.69) is 161 Å². The minimum Gasteiger partial charge on any atom is -0.264 e. The Hall–Kier alpha value is -8.22. The van der Waals surface area contributed by atoms with Crippen LogP contribution in [0.3, 0.4) is 0 Å². The molecule has 0 aliphatic heterocycles. The Labute approximate surface area is 348 Å². The SMILES string of the molecule is c1ccc(-c2cccc(-c3nc(-c4cccc(-c5ccccc5)c4-c4cccnc4)nc(-c4cccc(-c5ccccc5)c4-c4cccnc4)n3)c2-c2cccnc2)cc1. The van der Waals surface area contributed by atoms with Gasteiger partial charge >= 0.3 is 0 Å². The summed E-state index contributed by atoms with van der Waals surface area (Å²) in [5.41, 5.74) is 14.8. The van der Waals surface area contributed by atoms with Crippen LogP contribution < -0.4 is 0 Å². The maximum atomic E-state index is 5.45. The highest BCUT2D eigenvalue weighted by atomic mass is 15.0. The van der Waals surface area contributed by atoms with Gasteiger partial charge in [0.05, 0.1) is 0 Å². The summed E-state index contributed by atoms with van der Waals surface area (Å²) >= 11 is 0. The highest BCUT2D eigenvalue weighted by Crippen LogP contribution is 2.44. The number of hydrogen-bond acceptors (Lipinski definition) is 6. The second-order valence-electron chi connectivity index (χ2n) is 14.3. The van der Waals surface area contributed by atoms with Crippen molar-refractivity contribution >= 4 is 0 Å². The Kier molecular flexibility index (Phi) is 9.84. The third-order valence-electron chi connectivity index (χ3n) is 10.7. The number of aromatic nitrogens is 6. The fourth-order valence-corrected chi connectivity index (χ4v) is 7.99. The quantitative estimate of drug-likeness (QED) is 0.145. The lowest BCUT2D eigenvalue weighted by molar-refractivity contribution is 1.07. The molecule has 4 aromatic heterocycles. The van der Waals surface area contributed by atoms with E-state index < -0.39 is 0 Å². The van der Waals surface area contributed by atoms with Gasteiger partial charge in [0.25, 0.3) is 0 Å². The van der Waals surface area contributed by atoms with Crippen LogP contribution in [0.1, 0.15) is 0 Å². The van der Waals surface area contributed by atoms with E-state index in [1.807, 2.05) is 55.0 Å². The number of pyridine rings is 3. The van der Waals surface area contributed by atoms with Gasteiger partial charge in [-0.1, -0.05) is 164 Å². The number of hydrogen-bond donors (Lipinski definition) is 0. The third kappa shape index (κ3) is 7.03. The van der Waals surface area contributed by atoms with Crippen molar-refractivity contribution in [1.29, 1.82) is 0 Å². The first kappa shape index (κ1) is 36.1. The van der Waals surface area contributed by atoms with Gasteiger partial charge in [0.1, 0.15) is 0 Å². The van der Waals surface area contributed by atoms with Crippen molar-refractivity contribution in [2.45, 2.75) is 0 Å². The molecule has 60 heavy (non-hydrogen) atoms. The van der Waals surface area contributed by atoms with Gasteiger partial charge in [0, 0.05) is 87.3 Å². The smallest absolute Gasteiger partial charge is 0.164 e. The van der Waals surface area contributed by atoms with E-state index in [1.54, 1.807) is 18.6 Å². The minimum absolute atomic E-state index is 0.538. The van der Waals surface area contributed by atoms with Crippen molar-refractivity contribution in [2.24, 2.45) is 0 Å². The van der Waals surface area contributed by atoms with E-state index in [1.165, 1.54) is 0 Å². The largest absolute Gasteiger partial charge is 0.264 e. The van der Waals surface area contributed by atoms with Crippen LogP contribution in [-0.4, -0.2) is 29.9 Å². The summed E-state index contributed by atoms with van der Waals surface area (Å²) in [6.07, 6.45) is 11.1. The molecule has 10 aromatic rings. The van der Waals surface area contributed by atoms with Crippen LogP contribution in [0.2, 0.25) is 0 Å². The van der Waals surface area contributed by atoms with Crippen molar-refractivity contribution in [2.75, 3.05) is 0 Å². The third-order valence-corrected chi connectivity index (χ3v) is 10.7. The molecule has 0 spiro atoms. The van der Waals surface area contributed by atoms with E-state index in [4.69, 9.17) is 15.0 Å². The molecular formula is C54H36N6. The molecule has 0 fully saturated rings. The van der Waals surface area contributed by atoms with Crippen molar-refractivity contribution < 1.29 is 0 Å². The maximum absolute atomic E-state index is 5.45. The van der Waals surface area contributed by atoms with Gasteiger partial charge in [-0.2, -0.15) is 0 Å². The molecule has 0 aliphatic rings. The van der Waals surface area contributed by atoms with Gasteiger partial charge < -0.3 is 0 Å². The Morgan fingerprint density at radius 2 is 0.483 bits per heavy atom. The van der Waals surface area contributed by atoms with Crippen LogP contribution in [0, 0.1) is 0 Å². The molecule has 6 heteroatoms. The van der Waals surface area contributed by atoms with Crippen LogP contribution in [0.5, 0.6) is 0 Å². The second kappa shape index (κ2) is 16.3. The molecule has 10 rings (SSSR count). The molecule has 0 saturated heterocycles. The topological polar surface area (TPSA) is 77.3 Å². The molecule has 6 aromatic carbocycles. The fourth-order valence-electron chi connectivity index (χ4n) is 7.99. The summed E-state index contributed by atoms with van der Waals surface area (Å²) < 4.78 is 0. The second-order valence-corrected chi connectivity index (χ2v) is 14.3. The molecule has 0 unspecified atom stereocenters. The monoisotopic (exact) mass is 768 g/mol. The molecule has 0 N–H and O–H groups in total. The van der Waals surface area contributed by atoms with E-state index in [-0.39, 0.29) is 0 Å². The fraction of sp³-hybridized carbons (Fsp3) is 0. The molecule has 0 bridgehead atoms. The van der Waals surface area contributed by atoms with Gasteiger partial charge in [-0.25, -0.2) is 15.0 Å². The summed E-state index contributed by atoms with van der Waals surface area (Å²) in [4.78, 5) is 30.0. The summed E-state index contributed by atoms with van der Waals surface area (Å²) in [5.74, 6) is 1.61. The summed E-state index contributed by atoms with van der Waals surface area (Å²) in [6, 6.07) is 62.4. The molecule has 0 radical (unpaired) electrons. The number of rotatable bonds is 9. The zero-order valence-corrected chi connectivity index (χ0v) is 32.5. The first-order chi connectivity index (χ1) is 29.8. The molecule has 0 saturated carbocycles. The Morgan fingerprint density at radius 3 is 0.750 bits per heavy atom. The standard InChI is InChI=1S/C54H36N6/c1-4-16-37(17-5-1)43-25-10-28-46(49(43)40-22-13-31-55-34-40)52-58-53(47-29-11-26-44(38-18-6-2-7-19-38)50(47)41-23-14-32-56-35-41)60-54(59-52)48-30-12-27-45(39-20-8-3-9-21-39)51(48)42-24-15-33-57-36-42/h1-36H. The zero-order valence-electron chi connectivity index (χ0n) is 32.5. The lowest BCUT2D eigenvalue weighted by Crippen LogP contribution is -2.04. The maximum Gasteiger partial charge on any atom is 0.164 e. The highest BCUT2D eigenvalue weighted by molar-refractivity contribution is 5.97. The van der Waals surface area contributed by atoms with Crippen LogP contribution in [0.4, 0.5) is 0 Å². The average molecular weight is 769 g/mol. The van der Waals surface area contributed by atoms with Crippen LogP contribution in [-0.2, 0) is 0 Å². The molecule has 0 amide bonds. The Balaban J connectivity index is 1.31. The Morgan fingerprint density at radius 1 is 0.217 bits per heavy atom. The van der Waals surface area contributed by atoms with E-state index in [0.717, 1.165) is 83.5 Å². The predicted molar refractivity (Wildman–Crippen MR) is 242 cm³/mol. The predicted octanol–water partition coefficient (Wildman–Crippen LogP) is 13.1. The van der Waals surface area contributed by atoms with Crippen molar-refractivity contribution in [1.82, 2.24) is 29.9 Å². The first-order valence-corrected chi connectivity index (χ1v) is 19.8. The lowest BCUT2D eigenvalue weighted by Gasteiger charge is -2.19. The molecule has 282 valence electrons. The van der Waals surface area contributed by atoms with Gasteiger partial charge in [-0.3, -0.25) is 15.0 Å². The van der Waals surface area contributed by atoms with Crippen molar-refractivity contribution in [3.63, 3.8) is 0 Å². The highest BCUT2D eigenvalue weighted by Gasteiger charge is 2.24. The van der Waals surface area contributed by atoms with Crippen LogP contribution >= 0.6 is 0 Å². The van der Waals surface area contributed by atoms with E-state index in [0.29, 0.717) is 17.5 Å². The Bertz CT molecular complexity index is 2710. The molecular weight excluding hydrogens is 733 g/mol. The van der Waals surface area contributed by atoms with Gasteiger partial charge in [0.2, 0.25) is 0 Å². The van der Waals surface area contributed by atoms with Gasteiger partial charge in [-0.05, 0) is 51.6 Å². The summed E-state index contributed by atoms with van der Waals surface area (Å²) in [6.45, 7) is 0. The molecule has 0 aliphatic carbocycles. The summed E-state index contributed by atoms with van der Waals surface area (Å²) in [5, 5.41) is 0. The molecule has 0 atom stereocenters. The molecule has 6 nitrogen and oxygen atoms in total. The van der Waals surface area contributed by atoms with Crippen molar-refractivity contribution in [3.05, 3.63) is 219 Å².